The number of hydrogen-bond acceptors (Lipinski definition) is 2. The molecule has 0 spiro atoms. The van der Waals surface area contributed by atoms with Crippen LogP contribution in [0.2, 0.25) is 0 Å². The molecule has 1 fully saturated rings. The lowest BCUT2D eigenvalue weighted by atomic mass is 10.0. The molecule has 0 N–H and O–H groups in total. The van der Waals surface area contributed by atoms with E-state index in [9.17, 15) is 13.6 Å². The predicted octanol–water partition coefficient (Wildman–Crippen LogP) is 3.71. The maximum atomic E-state index is 13.5. The fourth-order valence-electron chi connectivity index (χ4n) is 2.90. The highest BCUT2D eigenvalue weighted by atomic mass is 19.1. The van der Waals surface area contributed by atoms with Crippen LogP contribution in [0.4, 0.5) is 8.78 Å². The highest BCUT2D eigenvalue weighted by Gasteiger charge is 2.30. The number of rotatable bonds is 4. The lowest BCUT2D eigenvalue weighted by Gasteiger charge is -2.25. The predicted molar refractivity (Wildman–Crippen MR) is 82.0 cm³/mol. The molecule has 1 atom stereocenters. The second-order valence-corrected chi connectivity index (χ2v) is 5.52. The summed E-state index contributed by atoms with van der Waals surface area (Å²) < 4.78 is 31.6. The first-order chi connectivity index (χ1) is 11.1. The first kappa shape index (κ1) is 15.5. The topological polar surface area (TPSA) is 29.5 Å². The Bertz CT molecular complexity index is 691. The molecule has 120 valence electrons. The van der Waals surface area contributed by atoms with Crippen molar-refractivity contribution in [3.8, 4) is 5.75 Å². The van der Waals surface area contributed by atoms with Crippen LogP contribution in [-0.4, -0.2) is 24.0 Å². The summed E-state index contributed by atoms with van der Waals surface area (Å²) in [6.07, 6.45) is 1.83. The number of amides is 1. The molecule has 0 aromatic heterocycles. The van der Waals surface area contributed by atoms with Crippen molar-refractivity contribution in [2.24, 2.45) is 0 Å². The normalized spacial score (nSPS) is 17.3. The first-order valence-electron chi connectivity index (χ1n) is 7.57. The summed E-state index contributed by atoms with van der Waals surface area (Å²) >= 11 is 0. The Morgan fingerprint density at radius 3 is 2.70 bits per heavy atom. The monoisotopic (exact) mass is 317 g/mol. The molecule has 0 saturated carbocycles. The first-order valence-corrected chi connectivity index (χ1v) is 7.57. The zero-order valence-corrected chi connectivity index (χ0v) is 12.5. The summed E-state index contributed by atoms with van der Waals surface area (Å²) in [4.78, 5) is 14.1. The van der Waals surface area contributed by atoms with Crippen molar-refractivity contribution in [3.05, 3.63) is 65.7 Å². The third kappa shape index (κ3) is 3.50. The molecular formula is C18H17F2NO2. The van der Waals surface area contributed by atoms with Crippen molar-refractivity contribution in [2.45, 2.75) is 18.9 Å². The van der Waals surface area contributed by atoms with E-state index in [2.05, 4.69) is 0 Å². The summed E-state index contributed by atoms with van der Waals surface area (Å²) in [6, 6.07) is 12.9. The summed E-state index contributed by atoms with van der Waals surface area (Å²) in [6.45, 7) is 0.402. The minimum Gasteiger partial charge on any atom is -0.481 e. The maximum Gasteiger partial charge on any atom is 0.261 e. The minimum atomic E-state index is -0.807. The van der Waals surface area contributed by atoms with Gasteiger partial charge < -0.3 is 9.64 Å². The lowest BCUT2D eigenvalue weighted by molar-refractivity contribution is -0.134. The van der Waals surface area contributed by atoms with Gasteiger partial charge in [0.05, 0.1) is 6.04 Å². The minimum absolute atomic E-state index is 0.0327. The molecule has 2 aromatic carbocycles. The van der Waals surface area contributed by atoms with E-state index < -0.39 is 11.6 Å². The molecule has 23 heavy (non-hydrogen) atoms. The molecule has 1 aliphatic heterocycles. The third-order valence-electron chi connectivity index (χ3n) is 4.00. The van der Waals surface area contributed by atoms with Gasteiger partial charge in [-0.3, -0.25) is 4.79 Å². The van der Waals surface area contributed by atoms with Gasteiger partial charge in [-0.1, -0.05) is 30.3 Å². The zero-order chi connectivity index (χ0) is 16.2. The Balaban J connectivity index is 1.65. The lowest BCUT2D eigenvalue weighted by Crippen LogP contribution is -2.34. The molecule has 3 rings (SSSR count). The zero-order valence-electron chi connectivity index (χ0n) is 12.5. The van der Waals surface area contributed by atoms with Gasteiger partial charge in [0.15, 0.2) is 18.2 Å². The van der Waals surface area contributed by atoms with Gasteiger partial charge in [-0.25, -0.2) is 8.78 Å². The smallest absolute Gasteiger partial charge is 0.261 e. The van der Waals surface area contributed by atoms with Gasteiger partial charge in [-0.15, -0.1) is 0 Å². The molecule has 1 amide bonds. The van der Waals surface area contributed by atoms with Gasteiger partial charge >= 0.3 is 0 Å². The standard InChI is InChI=1S/C18H17F2NO2/c19-14-8-9-17(15(20)11-14)23-12-18(22)21-10-4-7-16(21)13-5-2-1-3-6-13/h1-3,5-6,8-9,11,16H,4,7,10,12H2. The number of halogens is 2. The van der Waals surface area contributed by atoms with Crippen LogP contribution >= 0.6 is 0 Å². The fourth-order valence-corrected chi connectivity index (χ4v) is 2.90. The van der Waals surface area contributed by atoms with Gasteiger partial charge in [0, 0.05) is 12.6 Å². The van der Waals surface area contributed by atoms with Gasteiger partial charge in [0.1, 0.15) is 5.82 Å². The molecule has 0 radical (unpaired) electrons. The largest absolute Gasteiger partial charge is 0.481 e. The van der Waals surface area contributed by atoms with E-state index in [1.54, 1.807) is 4.90 Å². The second-order valence-electron chi connectivity index (χ2n) is 5.52. The van der Waals surface area contributed by atoms with Crippen LogP contribution in [0.25, 0.3) is 0 Å². The molecule has 0 aliphatic carbocycles. The SMILES string of the molecule is O=C(COc1ccc(F)cc1F)N1CCCC1c1ccccc1. The Morgan fingerprint density at radius 1 is 1.17 bits per heavy atom. The summed E-state index contributed by atoms with van der Waals surface area (Å²) in [5.41, 5.74) is 1.09. The van der Waals surface area contributed by atoms with Crippen LogP contribution in [-0.2, 0) is 4.79 Å². The molecule has 3 nitrogen and oxygen atoms in total. The number of likely N-dealkylation sites (tertiary alicyclic amines) is 1. The Hall–Kier alpha value is -2.43. The Morgan fingerprint density at radius 2 is 1.96 bits per heavy atom. The summed E-state index contributed by atoms with van der Waals surface area (Å²) in [5, 5.41) is 0. The van der Waals surface area contributed by atoms with Gasteiger partial charge in [-0.05, 0) is 30.5 Å². The Kier molecular flexibility index (Phi) is 4.55. The van der Waals surface area contributed by atoms with E-state index in [-0.39, 0.29) is 24.3 Å². The van der Waals surface area contributed by atoms with E-state index in [0.717, 1.165) is 30.5 Å². The quantitative estimate of drug-likeness (QED) is 0.860. The van der Waals surface area contributed by atoms with Crippen molar-refractivity contribution < 1.29 is 18.3 Å². The molecule has 5 heteroatoms. The van der Waals surface area contributed by atoms with E-state index in [1.807, 2.05) is 30.3 Å². The average Bonchev–Trinajstić information content (AvgIpc) is 3.04. The van der Waals surface area contributed by atoms with Crippen molar-refractivity contribution in [1.29, 1.82) is 0 Å². The van der Waals surface area contributed by atoms with E-state index >= 15 is 0 Å². The molecule has 1 aliphatic rings. The van der Waals surface area contributed by atoms with Crippen molar-refractivity contribution in [1.82, 2.24) is 4.90 Å². The molecular weight excluding hydrogens is 300 g/mol. The third-order valence-corrected chi connectivity index (χ3v) is 4.00. The Labute approximate surface area is 133 Å². The van der Waals surface area contributed by atoms with Gasteiger partial charge in [0.25, 0.3) is 5.91 Å². The van der Waals surface area contributed by atoms with Crippen molar-refractivity contribution in [3.63, 3.8) is 0 Å². The molecule has 1 unspecified atom stereocenters. The molecule has 1 saturated heterocycles. The number of carbonyl (C=O) groups excluding carboxylic acids is 1. The van der Waals surface area contributed by atoms with Crippen molar-refractivity contribution in [2.75, 3.05) is 13.2 Å². The van der Waals surface area contributed by atoms with Crippen LogP contribution in [0.1, 0.15) is 24.4 Å². The highest BCUT2D eigenvalue weighted by Crippen LogP contribution is 2.31. The van der Waals surface area contributed by atoms with Crippen LogP contribution in [0, 0.1) is 11.6 Å². The van der Waals surface area contributed by atoms with Crippen molar-refractivity contribution >= 4 is 5.91 Å². The number of benzene rings is 2. The van der Waals surface area contributed by atoms with Crippen LogP contribution in [0.15, 0.2) is 48.5 Å². The number of carbonyl (C=O) groups is 1. The van der Waals surface area contributed by atoms with Gasteiger partial charge in [-0.2, -0.15) is 0 Å². The number of nitrogens with zero attached hydrogens (tertiary/aromatic N) is 1. The van der Waals surface area contributed by atoms with E-state index in [1.165, 1.54) is 6.07 Å². The molecule has 2 aromatic rings. The average molecular weight is 317 g/mol. The fraction of sp³-hybridized carbons (Fsp3) is 0.278. The molecule has 0 bridgehead atoms. The number of hydrogen-bond donors (Lipinski definition) is 0. The van der Waals surface area contributed by atoms with Gasteiger partial charge in [0.2, 0.25) is 0 Å². The van der Waals surface area contributed by atoms with Crippen LogP contribution in [0.5, 0.6) is 5.75 Å². The van der Waals surface area contributed by atoms with E-state index in [4.69, 9.17) is 4.74 Å². The maximum absolute atomic E-state index is 13.5. The number of ether oxygens (including phenoxy) is 1. The van der Waals surface area contributed by atoms with E-state index in [0.29, 0.717) is 6.54 Å². The molecule has 1 heterocycles. The van der Waals surface area contributed by atoms with Crippen LogP contribution in [0.3, 0.4) is 0 Å². The second kappa shape index (κ2) is 6.77. The summed E-state index contributed by atoms with van der Waals surface area (Å²) in [5.74, 6) is -1.79. The highest BCUT2D eigenvalue weighted by molar-refractivity contribution is 5.78. The summed E-state index contributed by atoms with van der Waals surface area (Å²) in [7, 11) is 0. The van der Waals surface area contributed by atoms with Crippen LogP contribution < -0.4 is 4.74 Å².